The van der Waals surface area contributed by atoms with Crippen LogP contribution in [0.15, 0.2) is 97.7 Å². The van der Waals surface area contributed by atoms with Crippen molar-refractivity contribution < 1.29 is 0 Å². The summed E-state index contributed by atoms with van der Waals surface area (Å²) >= 11 is 0. The third-order valence-electron chi connectivity index (χ3n) is 1.84. The lowest BCUT2D eigenvalue weighted by Gasteiger charge is -1.75. The molecule has 0 spiro atoms. The first-order valence-corrected chi connectivity index (χ1v) is 6.19. The van der Waals surface area contributed by atoms with Crippen molar-refractivity contribution >= 4 is 0 Å². The van der Waals surface area contributed by atoms with Crippen LogP contribution in [0.1, 0.15) is 13.3 Å². The molecule has 0 saturated heterocycles. The Labute approximate surface area is 111 Å². The molecule has 0 aliphatic rings. The van der Waals surface area contributed by atoms with Gasteiger partial charge >= 0.3 is 0 Å². The van der Waals surface area contributed by atoms with Gasteiger partial charge in [-0.05, 0) is 6.42 Å². The molecule has 18 heavy (non-hydrogen) atoms. The van der Waals surface area contributed by atoms with Crippen molar-refractivity contribution in [3.8, 4) is 0 Å². The molecule has 0 aromatic carbocycles. The van der Waals surface area contributed by atoms with E-state index in [1.165, 1.54) is 0 Å². The predicted molar refractivity (Wildman–Crippen MR) is 84.5 cm³/mol. The van der Waals surface area contributed by atoms with Gasteiger partial charge in [-0.2, -0.15) is 0 Å². The highest BCUT2D eigenvalue weighted by molar-refractivity contribution is 5.20. The Hall–Kier alpha value is -2.08. The van der Waals surface area contributed by atoms with Gasteiger partial charge in [0.1, 0.15) is 0 Å². The van der Waals surface area contributed by atoms with E-state index in [0.29, 0.717) is 0 Å². The van der Waals surface area contributed by atoms with Crippen molar-refractivity contribution in [1.82, 2.24) is 0 Å². The average molecular weight is 238 g/mol. The molecule has 0 heteroatoms. The molecule has 0 radical (unpaired) electrons. The maximum absolute atomic E-state index is 3.59. The summed E-state index contributed by atoms with van der Waals surface area (Å²) in [5.74, 6) is 0. The van der Waals surface area contributed by atoms with Gasteiger partial charge in [0, 0.05) is 0 Å². The molecule has 0 rings (SSSR count). The summed E-state index contributed by atoms with van der Waals surface area (Å²) in [6.45, 7) is 5.71. The van der Waals surface area contributed by atoms with Gasteiger partial charge in [0.05, 0.1) is 0 Å². The van der Waals surface area contributed by atoms with Crippen LogP contribution in [0.4, 0.5) is 0 Å². The van der Waals surface area contributed by atoms with E-state index in [4.69, 9.17) is 0 Å². The van der Waals surface area contributed by atoms with E-state index in [1.807, 2.05) is 72.9 Å². The first-order valence-electron chi connectivity index (χ1n) is 6.19. The van der Waals surface area contributed by atoms with E-state index in [0.717, 1.165) is 6.42 Å². The van der Waals surface area contributed by atoms with Gasteiger partial charge in [0.2, 0.25) is 0 Å². The topological polar surface area (TPSA) is 0 Å². The molecule has 0 bridgehead atoms. The van der Waals surface area contributed by atoms with E-state index in [2.05, 4.69) is 25.7 Å². The van der Waals surface area contributed by atoms with Crippen LogP contribution >= 0.6 is 0 Å². The average Bonchev–Trinajstić information content (AvgIpc) is 2.39. The van der Waals surface area contributed by atoms with Gasteiger partial charge in [0.25, 0.3) is 0 Å². The maximum atomic E-state index is 3.59. The minimum absolute atomic E-state index is 1.08. The van der Waals surface area contributed by atoms with Crippen LogP contribution in [0.25, 0.3) is 0 Å². The Morgan fingerprint density at radius 3 is 1.22 bits per heavy atom. The minimum atomic E-state index is 1.08. The fraction of sp³-hybridized carbons (Fsp3) is 0.111. The molecular weight excluding hydrogens is 216 g/mol. The van der Waals surface area contributed by atoms with E-state index < -0.39 is 0 Å². The molecule has 0 saturated carbocycles. The van der Waals surface area contributed by atoms with Crippen LogP contribution in [0, 0.1) is 0 Å². The van der Waals surface area contributed by atoms with Crippen LogP contribution in [0.5, 0.6) is 0 Å². The highest BCUT2D eigenvalue weighted by Gasteiger charge is 1.64. The van der Waals surface area contributed by atoms with Crippen LogP contribution in [0.2, 0.25) is 0 Å². The maximum Gasteiger partial charge on any atom is -0.0376 e. The second-order valence-corrected chi connectivity index (χ2v) is 3.38. The van der Waals surface area contributed by atoms with Gasteiger partial charge in [-0.3, -0.25) is 0 Å². The predicted octanol–water partition coefficient (Wildman–Crippen LogP) is 5.48. The van der Waals surface area contributed by atoms with Crippen molar-refractivity contribution in [3.63, 3.8) is 0 Å². The first-order chi connectivity index (χ1) is 8.91. The van der Waals surface area contributed by atoms with Gasteiger partial charge < -0.3 is 0 Å². The third kappa shape index (κ3) is 13.9. The van der Waals surface area contributed by atoms with Crippen LogP contribution in [0.3, 0.4) is 0 Å². The summed E-state index contributed by atoms with van der Waals surface area (Å²) in [5, 5.41) is 0. The Kier molecular flexibility index (Phi) is 13.2. The van der Waals surface area contributed by atoms with Crippen molar-refractivity contribution in [2.24, 2.45) is 0 Å². The lowest BCUT2D eigenvalue weighted by atomic mass is 10.3. The molecule has 0 aliphatic carbocycles. The Balaban J connectivity index is 3.79. The van der Waals surface area contributed by atoms with Crippen LogP contribution < -0.4 is 0 Å². The van der Waals surface area contributed by atoms with E-state index in [1.54, 1.807) is 6.08 Å². The molecular formula is C18H22. The SMILES string of the molecule is C=CC=CC=CC=CC=CC=CC=CC=CCC. The molecule has 0 aromatic heterocycles. The minimum Gasteiger partial charge on any atom is -0.0991 e. The Morgan fingerprint density at radius 1 is 0.556 bits per heavy atom. The quantitative estimate of drug-likeness (QED) is 0.491. The summed E-state index contributed by atoms with van der Waals surface area (Å²) in [6, 6.07) is 0. The summed E-state index contributed by atoms with van der Waals surface area (Å²) in [5.41, 5.74) is 0. The van der Waals surface area contributed by atoms with Crippen molar-refractivity contribution in [2.75, 3.05) is 0 Å². The van der Waals surface area contributed by atoms with Crippen molar-refractivity contribution in [1.29, 1.82) is 0 Å². The highest BCUT2D eigenvalue weighted by atomic mass is 13.7. The Bertz CT molecular complexity index is 382. The molecule has 0 fully saturated rings. The molecule has 0 aromatic rings. The van der Waals surface area contributed by atoms with Gasteiger partial charge in [-0.15, -0.1) is 0 Å². The van der Waals surface area contributed by atoms with Crippen LogP contribution in [-0.4, -0.2) is 0 Å². The summed E-state index contributed by atoms with van der Waals surface area (Å²) in [6.07, 6.45) is 30.8. The summed E-state index contributed by atoms with van der Waals surface area (Å²) in [4.78, 5) is 0. The molecule has 0 aliphatic heterocycles. The number of hydrogen-bond donors (Lipinski definition) is 0. The molecule has 0 unspecified atom stereocenters. The normalized spacial score (nSPS) is 13.8. The lowest BCUT2D eigenvalue weighted by Crippen LogP contribution is -1.54. The molecule has 0 amide bonds. The molecule has 0 heterocycles. The van der Waals surface area contributed by atoms with Gasteiger partial charge in [-0.25, -0.2) is 0 Å². The van der Waals surface area contributed by atoms with Gasteiger partial charge in [0.15, 0.2) is 0 Å². The molecule has 0 atom stereocenters. The molecule has 0 N–H and O–H groups in total. The third-order valence-corrected chi connectivity index (χ3v) is 1.84. The first kappa shape index (κ1) is 15.9. The van der Waals surface area contributed by atoms with Gasteiger partial charge in [-0.1, -0.05) is 105 Å². The standard InChI is InChI=1S/C18H22/c1-3-5-7-9-11-13-15-17-18-16-14-12-10-8-6-4-2/h3,5-18H,1,4H2,2H3. The summed E-state index contributed by atoms with van der Waals surface area (Å²) in [7, 11) is 0. The van der Waals surface area contributed by atoms with E-state index >= 15 is 0 Å². The number of rotatable bonds is 8. The second kappa shape index (κ2) is 14.9. The van der Waals surface area contributed by atoms with Crippen molar-refractivity contribution in [2.45, 2.75) is 13.3 Å². The number of allylic oxidation sites excluding steroid dienone is 15. The monoisotopic (exact) mass is 238 g/mol. The zero-order valence-corrected chi connectivity index (χ0v) is 11.1. The van der Waals surface area contributed by atoms with E-state index in [-0.39, 0.29) is 0 Å². The van der Waals surface area contributed by atoms with E-state index in [9.17, 15) is 0 Å². The smallest absolute Gasteiger partial charge is 0.0376 e. The highest BCUT2D eigenvalue weighted by Crippen LogP contribution is 1.86. The molecule has 94 valence electrons. The largest absolute Gasteiger partial charge is 0.0991 e. The zero-order valence-electron chi connectivity index (χ0n) is 11.1. The molecule has 0 nitrogen and oxygen atoms in total. The van der Waals surface area contributed by atoms with Crippen LogP contribution in [-0.2, 0) is 0 Å². The Morgan fingerprint density at radius 2 is 0.889 bits per heavy atom. The second-order valence-electron chi connectivity index (χ2n) is 3.38. The fourth-order valence-electron chi connectivity index (χ4n) is 0.999. The lowest BCUT2D eigenvalue weighted by molar-refractivity contribution is 1.22. The summed E-state index contributed by atoms with van der Waals surface area (Å²) < 4.78 is 0. The zero-order chi connectivity index (χ0) is 13.3. The fourth-order valence-corrected chi connectivity index (χ4v) is 0.999. The van der Waals surface area contributed by atoms with Crippen molar-refractivity contribution in [3.05, 3.63) is 97.7 Å². The number of hydrogen-bond acceptors (Lipinski definition) is 0.